The van der Waals surface area contributed by atoms with Crippen LogP contribution in [0.3, 0.4) is 0 Å². The van der Waals surface area contributed by atoms with Gasteiger partial charge in [-0.1, -0.05) is 20.8 Å². The van der Waals surface area contributed by atoms with Crippen LogP contribution in [0.2, 0.25) is 0 Å². The Labute approximate surface area is 126 Å². The fourth-order valence-electron chi connectivity index (χ4n) is 1.25. The Morgan fingerprint density at radius 2 is 1.00 bits per heavy atom. The van der Waals surface area contributed by atoms with E-state index < -0.39 is 5.60 Å². The molecule has 20 heavy (non-hydrogen) atoms. The summed E-state index contributed by atoms with van der Waals surface area (Å²) in [6.07, 6.45) is 2.54. The van der Waals surface area contributed by atoms with E-state index in [2.05, 4.69) is 0 Å². The van der Waals surface area contributed by atoms with Crippen LogP contribution in [0.5, 0.6) is 0 Å². The van der Waals surface area contributed by atoms with Crippen LogP contribution in [0, 0.1) is 0 Å². The fraction of sp³-hybridized carbons (Fsp3) is 1.00. The average Bonchev–Trinajstić information content (AvgIpc) is 2.47. The quantitative estimate of drug-likeness (QED) is 0.323. The van der Waals surface area contributed by atoms with E-state index in [1.165, 1.54) is 0 Å². The van der Waals surface area contributed by atoms with Crippen molar-refractivity contribution in [1.29, 1.82) is 0 Å². The van der Waals surface area contributed by atoms with Gasteiger partial charge in [0.25, 0.3) is 0 Å². The third-order valence-corrected chi connectivity index (χ3v) is 4.12. The maximum Gasteiger partial charge on any atom is 0.245 e. The molecule has 0 aromatic carbocycles. The predicted octanol–water partition coefficient (Wildman–Crippen LogP) is -0.775. The second kappa shape index (κ2) is 10.7. The summed E-state index contributed by atoms with van der Waals surface area (Å²) in [7, 11) is 0.559. The van der Waals surface area contributed by atoms with Gasteiger partial charge in [-0.15, -0.1) is 0 Å². The molecule has 0 aliphatic carbocycles. The van der Waals surface area contributed by atoms with E-state index in [9.17, 15) is 0 Å². The largest absolute Gasteiger partial charge is 0.331 e. The van der Waals surface area contributed by atoms with Crippen LogP contribution < -0.4 is 17.2 Å². The molecular weight excluding hydrogens is 274 g/mol. The fourth-order valence-corrected chi connectivity index (χ4v) is 1.75. The van der Waals surface area contributed by atoms with Crippen molar-refractivity contribution in [3.8, 4) is 0 Å². The van der Waals surface area contributed by atoms with E-state index in [-0.39, 0.29) is 18.1 Å². The average molecular weight is 308 g/mol. The zero-order valence-electron chi connectivity index (χ0n) is 13.4. The molecule has 0 aromatic heterocycles. The minimum Gasteiger partial charge on any atom is -0.331 e. The lowest BCUT2D eigenvalue weighted by molar-refractivity contribution is -0.328. The molecule has 6 N–H and O–H groups in total. The minimum absolute atomic E-state index is 0.0183. The highest BCUT2D eigenvalue weighted by atomic mass is 28.1. The smallest absolute Gasteiger partial charge is 0.245 e. The molecule has 0 aliphatic rings. The maximum atomic E-state index is 5.87. The number of rotatable bonds is 12. The Kier molecular flexibility index (Phi) is 10.7. The summed E-state index contributed by atoms with van der Waals surface area (Å²) >= 11 is 0. The lowest BCUT2D eigenvalue weighted by atomic mass is 10.2. The van der Waals surface area contributed by atoms with Gasteiger partial charge in [-0.2, -0.15) is 0 Å². The second-order valence-corrected chi connectivity index (χ2v) is 6.53. The summed E-state index contributed by atoms with van der Waals surface area (Å²) in [5.41, 5.74) is 16.6. The van der Waals surface area contributed by atoms with Gasteiger partial charge in [0.2, 0.25) is 5.60 Å². The molecular formula is C13H33N3O3Si. The first kappa shape index (κ1) is 20.0. The predicted molar refractivity (Wildman–Crippen MR) is 85.3 cm³/mol. The zero-order chi connectivity index (χ0) is 15.6. The third-order valence-electron chi connectivity index (χ3n) is 3.25. The number of ether oxygens (including phenoxy) is 3. The number of hydrogen-bond donors (Lipinski definition) is 3. The van der Waals surface area contributed by atoms with Gasteiger partial charge in [-0.05, 0) is 19.3 Å². The first-order chi connectivity index (χ1) is 9.36. The summed E-state index contributed by atoms with van der Waals surface area (Å²) in [4.78, 5) is 0. The maximum absolute atomic E-state index is 5.87. The van der Waals surface area contributed by atoms with Gasteiger partial charge in [-0.3, -0.25) is 0 Å². The van der Waals surface area contributed by atoms with E-state index in [0.717, 1.165) is 19.3 Å². The molecule has 0 saturated carbocycles. The van der Waals surface area contributed by atoms with E-state index >= 15 is 0 Å². The highest BCUT2D eigenvalue weighted by Gasteiger charge is 2.28. The van der Waals surface area contributed by atoms with Crippen molar-refractivity contribution in [3.63, 3.8) is 0 Å². The molecule has 0 fully saturated rings. The number of hydrogen-bond acceptors (Lipinski definition) is 6. The van der Waals surface area contributed by atoms with Gasteiger partial charge in [-0.25, -0.2) is 0 Å². The molecule has 0 heterocycles. The van der Waals surface area contributed by atoms with Gasteiger partial charge in [0, 0.05) is 18.1 Å². The molecule has 0 saturated heterocycles. The van der Waals surface area contributed by atoms with Gasteiger partial charge in [0.1, 0.15) is 10.2 Å². The number of nitrogens with two attached hydrogens (primary N) is 3. The standard InChI is InChI=1S/C13H33N3O3Si/c1-4-10(14)7-17-13(20,18-8-11(15)5-2)19-9-12(16)6-3/h10-12H,4-9,14-16H2,1-3,20H3. The molecule has 3 atom stereocenters. The zero-order valence-corrected chi connectivity index (χ0v) is 15.4. The van der Waals surface area contributed by atoms with Crippen molar-refractivity contribution < 1.29 is 14.2 Å². The summed E-state index contributed by atoms with van der Waals surface area (Å²) in [5, 5.41) is 0. The van der Waals surface area contributed by atoms with E-state index in [1.807, 2.05) is 20.8 Å². The second-order valence-electron chi connectivity index (χ2n) is 5.30. The van der Waals surface area contributed by atoms with Crippen molar-refractivity contribution in [2.45, 2.75) is 63.8 Å². The molecule has 0 radical (unpaired) electrons. The molecule has 0 spiro atoms. The molecule has 3 unspecified atom stereocenters. The van der Waals surface area contributed by atoms with E-state index in [4.69, 9.17) is 31.4 Å². The molecule has 0 amide bonds. The first-order valence-electron chi connectivity index (χ1n) is 7.55. The Morgan fingerprint density at radius 1 is 0.750 bits per heavy atom. The molecule has 7 heteroatoms. The Hall–Kier alpha value is -0.0231. The van der Waals surface area contributed by atoms with E-state index in [0.29, 0.717) is 30.1 Å². The van der Waals surface area contributed by atoms with Crippen LogP contribution in [0.15, 0.2) is 0 Å². The normalized spacial score (nSPS) is 19.5. The lowest BCUT2D eigenvalue weighted by Crippen LogP contribution is -2.47. The van der Waals surface area contributed by atoms with Crippen molar-refractivity contribution >= 4 is 10.2 Å². The van der Waals surface area contributed by atoms with Crippen LogP contribution >= 0.6 is 0 Å². The lowest BCUT2D eigenvalue weighted by Gasteiger charge is -2.33. The van der Waals surface area contributed by atoms with Crippen LogP contribution in [0.25, 0.3) is 0 Å². The third kappa shape index (κ3) is 9.01. The molecule has 122 valence electrons. The Morgan fingerprint density at radius 3 is 1.20 bits per heavy atom. The summed E-state index contributed by atoms with van der Waals surface area (Å²) < 4.78 is 17.3. The Bertz CT molecular complexity index is 211. The molecule has 0 aromatic rings. The van der Waals surface area contributed by atoms with Crippen LogP contribution in [0.1, 0.15) is 40.0 Å². The van der Waals surface area contributed by atoms with Gasteiger partial charge < -0.3 is 31.4 Å². The summed E-state index contributed by atoms with van der Waals surface area (Å²) in [6, 6.07) is -0.0549. The van der Waals surface area contributed by atoms with Gasteiger partial charge in [0.05, 0.1) is 19.8 Å². The Balaban J connectivity index is 4.40. The van der Waals surface area contributed by atoms with Crippen LogP contribution in [0.4, 0.5) is 0 Å². The van der Waals surface area contributed by atoms with Crippen LogP contribution in [-0.2, 0) is 14.2 Å². The van der Waals surface area contributed by atoms with Gasteiger partial charge in [0.15, 0.2) is 0 Å². The van der Waals surface area contributed by atoms with E-state index in [1.54, 1.807) is 0 Å². The SMILES string of the molecule is CCC(N)COC([SiH3])(OCC(N)CC)OCC(N)CC. The topological polar surface area (TPSA) is 106 Å². The molecule has 0 rings (SSSR count). The minimum atomic E-state index is -1.01. The summed E-state index contributed by atoms with van der Waals surface area (Å²) in [6.45, 7) is 7.27. The van der Waals surface area contributed by atoms with Crippen molar-refractivity contribution in [2.75, 3.05) is 19.8 Å². The van der Waals surface area contributed by atoms with Crippen LogP contribution in [-0.4, -0.2) is 53.8 Å². The first-order valence-corrected chi connectivity index (χ1v) is 8.55. The molecule has 0 aliphatic heterocycles. The van der Waals surface area contributed by atoms with Crippen molar-refractivity contribution in [1.82, 2.24) is 0 Å². The molecule has 0 bridgehead atoms. The molecule has 6 nitrogen and oxygen atoms in total. The summed E-state index contributed by atoms with van der Waals surface area (Å²) in [5.74, 6) is 0. The van der Waals surface area contributed by atoms with Crippen molar-refractivity contribution in [2.24, 2.45) is 17.2 Å². The monoisotopic (exact) mass is 307 g/mol. The highest BCUT2D eigenvalue weighted by Crippen LogP contribution is 2.13. The van der Waals surface area contributed by atoms with Crippen molar-refractivity contribution in [3.05, 3.63) is 0 Å². The van der Waals surface area contributed by atoms with Gasteiger partial charge >= 0.3 is 0 Å². The highest BCUT2D eigenvalue weighted by molar-refractivity contribution is 6.12.